The van der Waals surface area contributed by atoms with Crippen molar-refractivity contribution in [2.24, 2.45) is 5.92 Å². The van der Waals surface area contributed by atoms with Gasteiger partial charge in [-0.1, -0.05) is 13.8 Å². The molecule has 3 amide bonds. The Balaban J connectivity index is 1.66. The van der Waals surface area contributed by atoms with E-state index < -0.39 is 17.9 Å². The third kappa shape index (κ3) is 6.25. The van der Waals surface area contributed by atoms with Crippen molar-refractivity contribution >= 4 is 17.7 Å². The molecule has 200 valence electrons. The van der Waals surface area contributed by atoms with E-state index in [-0.39, 0.29) is 37.2 Å². The van der Waals surface area contributed by atoms with Gasteiger partial charge in [-0.3, -0.25) is 19.4 Å². The van der Waals surface area contributed by atoms with E-state index in [0.717, 1.165) is 5.56 Å². The van der Waals surface area contributed by atoms with Gasteiger partial charge in [0.15, 0.2) is 11.5 Å². The Morgan fingerprint density at radius 3 is 2.74 bits per heavy atom. The molecule has 2 aromatic heterocycles. The number of imidazole rings is 1. The van der Waals surface area contributed by atoms with Crippen LogP contribution in [0.2, 0.25) is 0 Å². The van der Waals surface area contributed by atoms with Crippen molar-refractivity contribution in [2.75, 3.05) is 33.4 Å². The highest BCUT2D eigenvalue weighted by Crippen LogP contribution is 2.32. The van der Waals surface area contributed by atoms with Crippen LogP contribution in [0.4, 0.5) is 0 Å². The Labute approximate surface area is 220 Å². The molecule has 1 atom stereocenters. The first kappa shape index (κ1) is 26.6. The van der Waals surface area contributed by atoms with Gasteiger partial charge in [0.2, 0.25) is 11.8 Å². The van der Waals surface area contributed by atoms with Crippen LogP contribution in [0, 0.1) is 5.92 Å². The summed E-state index contributed by atoms with van der Waals surface area (Å²) in [6.45, 7) is 4.35. The number of amides is 3. The number of nitrogens with zero attached hydrogens (tertiary/aromatic N) is 5. The van der Waals surface area contributed by atoms with E-state index in [1.807, 2.05) is 36.7 Å². The van der Waals surface area contributed by atoms with E-state index in [0.29, 0.717) is 30.4 Å². The second-order valence-electron chi connectivity index (χ2n) is 9.06. The predicted octanol–water partition coefficient (Wildman–Crippen LogP) is 1.14. The highest BCUT2D eigenvalue weighted by Gasteiger charge is 2.27. The minimum Gasteiger partial charge on any atom is -0.493 e. The molecule has 12 heteroatoms. The Bertz CT molecular complexity index is 1280. The number of aromatic nitrogens is 4. The lowest BCUT2D eigenvalue weighted by molar-refractivity contribution is -0.130. The zero-order valence-corrected chi connectivity index (χ0v) is 21.6. The third-order valence-electron chi connectivity index (χ3n) is 6.08. The largest absolute Gasteiger partial charge is 0.493 e. The van der Waals surface area contributed by atoms with Gasteiger partial charge in [-0.2, -0.15) is 0 Å². The smallest absolute Gasteiger partial charge is 0.274 e. The molecule has 0 radical (unpaired) electrons. The lowest BCUT2D eigenvalue weighted by atomic mass is 10.0. The number of fused-ring (bicyclic) bond motifs is 4. The molecule has 12 nitrogen and oxygen atoms in total. The van der Waals surface area contributed by atoms with Crippen LogP contribution in [-0.2, 0) is 16.1 Å². The molecule has 4 rings (SSSR count). The van der Waals surface area contributed by atoms with Crippen LogP contribution >= 0.6 is 0 Å². The predicted molar refractivity (Wildman–Crippen MR) is 137 cm³/mol. The molecular formula is C26H31N7O5. The molecule has 2 bridgehead atoms. The molecule has 2 N–H and O–H groups in total. The van der Waals surface area contributed by atoms with Crippen LogP contribution < -0.4 is 20.1 Å². The van der Waals surface area contributed by atoms with Crippen molar-refractivity contribution in [2.45, 2.75) is 26.4 Å². The molecule has 0 spiro atoms. The van der Waals surface area contributed by atoms with Crippen LogP contribution in [0.1, 0.15) is 24.3 Å². The van der Waals surface area contributed by atoms with Gasteiger partial charge >= 0.3 is 0 Å². The van der Waals surface area contributed by atoms with E-state index in [2.05, 4.69) is 25.6 Å². The highest BCUT2D eigenvalue weighted by molar-refractivity contribution is 5.95. The standard InChI is InChI=1S/C26H31N7O5/c1-17(2)23-25(35)30-9-11-32-10-8-29-24(32)18-4-5-20(37-3)21(14-18)38-13-12-33(16-22(34)31-23)26(36)19-15-27-6-7-28-19/h4-8,10,14-15,17,23H,9,11-13,16H2,1-3H3,(H,30,35)(H,31,34)/t23-/m1/s1. The topological polar surface area (TPSA) is 141 Å². The van der Waals surface area contributed by atoms with Crippen molar-refractivity contribution in [3.8, 4) is 22.9 Å². The summed E-state index contributed by atoms with van der Waals surface area (Å²) in [7, 11) is 1.54. The lowest BCUT2D eigenvalue weighted by Gasteiger charge is -2.25. The SMILES string of the molecule is COc1ccc2cc1OCCN(C(=O)c1cnccn1)CC(=O)N[C@H](C(C)C)C(=O)NCCn1ccnc1-2. The minimum absolute atomic E-state index is 0.0711. The number of hydrogen-bond donors (Lipinski definition) is 2. The molecule has 1 aromatic carbocycles. The van der Waals surface area contributed by atoms with E-state index in [4.69, 9.17) is 9.47 Å². The van der Waals surface area contributed by atoms with Gasteiger partial charge in [0.25, 0.3) is 5.91 Å². The van der Waals surface area contributed by atoms with Crippen molar-refractivity contribution in [1.29, 1.82) is 0 Å². The summed E-state index contributed by atoms with van der Waals surface area (Å²) in [5, 5.41) is 5.67. The zero-order chi connectivity index (χ0) is 27.1. The summed E-state index contributed by atoms with van der Waals surface area (Å²) >= 11 is 0. The van der Waals surface area contributed by atoms with Crippen LogP contribution in [0.3, 0.4) is 0 Å². The fourth-order valence-corrected chi connectivity index (χ4v) is 4.11. The highest BCUT2D eigenvalue weighted by atomic mass is 16.5. The molecule has 0 fully saturated rings. The van der Waals surface area contributed by atoms with Crippen LogP contribution in [0.15, 0.2) is 49.2 Å². The molecule has 0 unspecified atom stereocenters. The van der Waals surface area contributed by atoms with Crippen LogP contribution in [0.25, 0.3) is 11.4 Å². The van der Waals surface area contributed by atoms with Crippen molar-refractivity contribution in [3.63, 3.8) is 0 Å². The second-order valence-corrected chi connectivity index (χ2v) is 9.06. The first-order valence-corrected chi connectivity index (χ1v) is 12.3. The number of methoxy groups -OCH3 is 1. The van der Waals surface area contributed by atoms with Gasteiger partial charge < -0.3 is 29.6 Å². The monoisotopic (exact) mass is 521 g/mol. The average molecular weight is 522 g/mol. The van der Waals surface area contributed by atoms with E-state index in [9.17, 15) is 14.4 Å². The van der Waals surface area contributed by atoms with Gasteiger partial charge in [0, 0.05) is 43.4 Å². The van der Waals surface area contributed by atoms with Gasteiger partial charge in [-0.05, 0) is 24.1 Å². The molecule has 3 aromatic rings. The fraction of sp³-hybridized carbons (Fsp3) is 0.385. The lowest BCUT2D eigenvalue weighted by Crippen LogP contribution is -2.53. The number of benzene rings is 1. The summed E-state index contributed by atoms with van der Waals surface area (Å²) in [6, 6.07) is 4.69. The number of hydrogen-bond acceptors (Lipinski definition) is 8. The summed E-state index contributed by atoms with van der Waals surface area (Å²) in [5.41, 5.74) is 0.890. The third-order valence-corrected chi connectivity index (χ3v) is 6.08. The zero-order valence-electron chi connectivity index (χ0n) is 21.6. The maximum Gasteiger partial charge on any atom is 0.274 e. The van der Waals surface area contributed by atoms with Gasteiger partial charge in [0.05, 0.1) is 19.9 Å². The summed E-state index contributed by atoms with van der Waals surface area (Å²) in [5.74, 6) is 0.242. The molecule has 3 heterocycles. The number of carbonyl (C=O) groups is 3. The van der Waals surface area contributed by atoms with E-state index in [1.165, 1.54) is 23.5 Å². The number of nitrogens with one attached hydrogen (secondary N) is 2. The molecule has 1 aliphatic rings. The minimum atomic E-state index is -0.774. The van der Waals surface area contributed by atoms with Crippen LogP contribution in [0.5, 0.6) is 11.5 Å². The molecule has 0 saturated heterocycles. The molecule has 0 aliphatic carbocycles. The van der Waals surface area contributed by atoms with Gasteiger partial charge in [0.1, 0.15) is 30.7 Å². The van der Waals surface area contributed by atoms with Gasteiger partial charge in [-0.15, -0.1) is 0 Å². The Hall–Kier alpha value is -4.48. The molecule has 38 heavy (non-hydrogen) atoms. The fourth-order valence-electron chi connectivity index (χ4n) is 4.11. The Morgan fingerprint density at radius 1 is 1.16 bits per heavy atom. The number of rotatable bonds is 3. The van der Waals surface area contributed by atoms with E-state index in [1.54, 1.807) is 19.4 Å². The normalized spacial score (nSPS) is 17.1. The second kappa shape index (κ2) is 12.2. The first-order valence-electron chi connectivity index (χ1n) is 12.3. The average Bonchev–Trinajstić information content (AvgIpc) is 3.39. The summed E-state index contributed by atoms with van der Waals surface area (Å²) in [4.78, 5) is 53.0. The number of ether oxygens (including phenoxy) is 2. The first-order chi connectivity index (χ1) is 18.4. The van der Waals surface area contributed by atoms with E-state index >= 15 is 0 Å². The van der Waals surface area contributed by atoms with Crippen molar-refractivity contribution in [1.82, 2.24) is 35.1 Å². The Kier molecular flexibility index (Phi) is 8.51. The summed E-state index contributed by atoms with van der Waals surface area (Å²) < 4.78 is 13.4. The molecule has 0 saturated carbocycles. The van der Waals surface area contributed by atoms with Crippen LogP contribution in [-0.4, -0.2) is 81.5 Å². The number of carbonyl (C=O) groups excluding carboxylic acids is 3. The van der Waals surface area contributed by atoms with Gasteiger partial charge in [-0.25, -0.2) is 9.97 Å². The van der Waals surface area contributed by atoms with Crippen molar-refractivity contribution in [3.05, 3.63) is 54.9 Å². The Morgan fingerprint density at radius 2 is 2.00 bits per heavy atom. The molecule has 1 aliphatic heterocycles. The van der Waals surface area contributed by atoms with Crippen molar-refractivity contribution < 1.29 is 23.9 Å². The maximum absolute atomic E-state index is 13.2. The molecular weight excluding hydrogens is 490 g/mol. The quantitative estimate of drug-likeness (QED) is 0.523. The summed E-state index contributed by atoms with van der Waals surface area (Å²) in [6.07, 6.45) is 7.72. The maximum atomic E-state index is 13.2.